The van der Waals surface area contributed by atoms with Gasteiger partial charge in [-0.1, -0.05) is 0 Å². The summed E-state index contributed by atoms with van der Waals surface area (Å²) in [6.45, 7) is 0.919. The zero-order valence-electron chi connectivity index (χ0n) is 12.6. The molecule has 20 heavy (non-hydrogen) atoms. The topological polar surface area (TPSA) is 57.9 Å². The Kier molecular flexibility index (Phi) is 2.85. The highest BCUT2D eigenvalue weighted by atomic mass is 15.2. The van der Waals surface area contributed by atoms with Crippen LogP contribution < -0.4 is 5.73 Å². The first kappa shape index (κ1) is 12.7. The first-order chi connectivity index (χ1) is 9.61. The van der Waals surface area contributed by atoms with Gasteiger partial charge >= 0.3 is 0 Å². The lowest BCUT2D eigenvalue weighted by molar-refractivity contribution is -0.00295. The van der Waals surface area contributed by atoms with E-state index < -0.39 is 0 Å². The summed E-state index contributed by atoms with van der Waals surface area (Å²) in [4.78, 5) is 2.20. The number of rotatable bonds is 3. The summed E-state index contributed by atoms with van der Waals surface area (Å²) < 4.78 is 0. The van der Waals surface area contributed by atoms with Crippen molar-refractivity contribution in [1.29, 1.82) is 0 Å². The van der Waals surface area contributed by atoms with E-state index in [9.17, 15) is 0 Å². The normalized spacial score (nSPS) is 38.9. The van der Waals surface area contributed by atoms with Gasteiger partial charge in [-0.3, -0.25) is 5.10 Å². The number of H-pyrrole nitrogens is 1. The van der Waals surface area contributed by atoms with Crippen molar-refractivity contribution in [1.82, 2.24) is 15.1 Å². The summed E-state index contributed by atoms with van der Waals surface area (Å²) in [5.74, 6) is 5.20. The molecule has 0 aliphatic heterocycles. The Morgan fingerprint density at radius 1 is 1.10 bits per heavy atom. The Morgan fingerprint density at radius 2 is 1.70 bits per heavy atom. The summed E-state index contributed by atoms with van der Waals surface area (Å²) >= 11 is 0. The van der Waals surface area contributed by atoms with Gasteiger partial charge in [0, 0.05) is 12.1 Å². The molecule has 0 radical (unpaired) electrons. The predicted molar refractivity (Wildman–Crippen MR) is 80.2 cm³/mol. The van der Waals surface area contributed by atoms with Crippen molar-refractivity contribution in [2.75, 3.05) is 19.8 Å². The van der Waals surface area contributed by atoms with Crippen molar-refractivity contribution in [2.45, 2.75) is 44.6 Å². The zero-order chi connectivity index (χ0) is 13.9. The predicted octanol–water partition coefficient (Wildman–Crippen LogP) is 2.59. The first-order valence-electron chi connectivity index (χ1n) is 8.09. The molecule has 4 aliphatic rings. The van der Waals surface area contributed by atoms with E-state index in [4.69, 9.17) is 5.73 Å². The van der Waals surface area contributed by atoms with E-state index in [1.165, 1.54) is 43.4 Å². The smallest absolute Gasteiger partial charge is 0.149 e. The van der Waals surface area contributed by atoms with Crippen LogP contribution in [0, 0.1) is 23.7 Å². The fourth-order valence-electron chi connectivity index (χ4n) is 5.61. The van der Waals surface area contributed by atoms with Crippen molar-refractivity contribution in [3.63, 3.8) is 0 Å². The number of nitrogens with one attached hydrogen (secondary N) is 1. The number of nitrogens with two attached hydrogens (primary N) is 1. The summed E-state index contributed by atoms with van der Waals surface area (Å²) in [6.07, 6.45) is 7.24. The molecule has 1 aromatic heterocycles. The Hall–Kier alpha value is -1.03. The van der Waals surface area contributed by atoms with Crippen molar-refractivity contribution in [3.05, 3.63) is 11.3 Å². The molecule has 0 saturated heterocycles. The van der Waals surface area contributed by atoms with Gasteiger partial charge < -0.3 is 10.6 Å². The molecule has 4 aliphatic carbocycles. The highest BCUT2D eigenvalue weighted by Gasteiger charge is 2.49. The quantitative estimate of drug-likeness (QED) is 0.890. The SMILES string of the molecule is CN(C)Cc1[nH]nc(N)c1C1C2CC3CC(C2)CC1C3. The standard InChI is InChI=1S/C16H26N4/c1-20(2)8-13-15(16(17)19-18-13)14-11-4-9-3-10(6-11)7-12(14)5-9/h9-12,14H,3-8H2,1-2H3,(H3,17,18,19). The van der Waals surface area contributed by atoms with E-state index in [1.54, 1.807) is 0 Å². The van der Waals surface area contributed by atoms with Gasteiger partial charge in [0.2, 0.25) is 0 Å². The number of nitrogens with zero attached hydrogens (tertiary/aromatic N) is 2. The molecule has 5 rings (SSSR count). The molecular formula is C16H26N4. The van der Waals surface area contributed by atoms with E-state index in [1.807, 2.05) is 0 Å². The van der Waals surface area contributed by atoms with E-state index in [0.29, 0.717) is 5.92 Å². The molecule has 3 N–H and O–H groups in total. The number of aromatic nitrogens is 2. The number of aromatic amines is 1. The molecule has 1 aromatic rings. The van der Waals surface area contributed by atoms with Gasteiger partial charge in [0.1, 0.15) is 5.82 Å². The lowest BCUT2D eigenvalue weighted by Crippen LogP contribution is -2.44. The fraction of sp³-hybridized carbons (Fsp3) is 0.812. The van der Waals surface area contributed by atoms with Crippen molar-refractivity contribution in [3.8, 4) is 0 Å². The van der Waals surface area contributed by atoms with Crippen LogP contribution in [0.2, 0.25) is 0 Å². The zero-order valence-corrected chi connectivity index (χ0v) is 12.6. The summed E-state index contributed by atoms with van der Waals surface area (Å²) in [5, 5.41) is 7.53. The lowest BCUT2D eigenvalue weighted by Gasteiger charge is -2.54. The molecule has 0 spiro atoms. The van der Waals surface area contributed by atoms with Crippen LogP contribution in [0.4, 0.5) is 5.82 Å². The van der Waals surface area contributed by atoms with Gasteiger partial charge in [0.25, 0.3) is 0 Å². The van der Waals surface area contributed by atoms with Gasteiger partial charge in [0.15, 0.2) is 0 Å². The number of hydrogen-bond acceptors (Lipinski definition) is 3. The average molecular weight is 274 g/mol. The Bertz CT molecular complexity index is 477. The second kappa shape index (κ2) is 4.48. The Balaban J connectivity index is 1.69. The van der Waals surface area contributed by atoms with Crippen molar-refractivity contribution in [2.24, 2.45) is 23.7 Å². The molecular weight excluding hydrogens is 248 g/mol. The van der Waals surface area contributed by atoms with E-state index >= 15 is 0 Å². The molecule has 0 aromatic carbocycles. The van der Waals surface area contributed by atoms with E-state index in [0.717, 1.165) is 36.0 Å². The highest BCUT2D eigenvalue weighted by Crippen LogP contribution is 2.60. The van der Waals surface area contributed by atoms with Crippen LogP contribution in [0.15, 0.2) is 0 Å². The van der Waals surface area contributed by atoms with Crippen LogP contribution in [0.25, 0.3) is 0 Å². The average Bonchev–Trinajstić information content (AvgIpc) is 2.69. The number of anilines is 1. The Morgan fingerprint density at radius 3 is 2.25 bits per heavy atom. The molecule has 4 heteroatoms. The van der Waals surface area contributed by atoms with Crippen LogP contribution in [-0.4, -0.2) is 29.2 Å². The summed E-state index contributed by atoms with van der Waals surface area (Å²) in [7, 11) is 4.22. The van der Waals surface area contributed by atoms with Crippen molar-refractivity contribution < 1.29 is 0 Å². The maximum Gasteiger partial charge on any atom is 0.149 e. The fourth-order valence-corrected chi connectivity index (χ4v) is 5.61. The molecule has 0 unspecified atom stereocenters. The summed E-state index contributed by atoms with van der Waals surface area (Å²) in [6, 6.07) is 0. The molecule has 1 heterocycles. The minimum atomic E-state index is 0.677. The van der Waals surface area contributed by atoms with Crippen molar-refractivity contribution >= 4 is 5.82 Å². The molecule has 4 fully saturated rings. The molecule has 0 atom stereocenters. The van der Waals surface area contributed by atoms with Crippen LogP contribution in [0.1, 0.15) is 49.3 Å². The lowest BCUT2D eigenvalue weighted by atomic mass is 9.50. The minimum absolute atomic E-state index is 0.677. The van der Waals surface area contributed by atoms with Gasteiger partial charge in [-0.25, -0.2) is 0 Å². The number of nitrogen functional groups attached to an aromatic ring is 1. The maximum absolute atomic E-state index is 6.24. The third-order valence-corrected chi connectivity index (χ3v) is 5.95. The van der Waals surface area contributed by atoms with E-state index in [2.05, 4.69) is 29.2 Å². The molecule has 4 saturated carbocycles. The second-order valence-electron chi connectivity index (χ2n) is 7.70. The minimum Gasteiger partial charge on any atom is -0.382 e. The Labute approximate surface area is 121 Å². The van der Waals surface area contributed by atoms with Gasteiger partial charge in [0.05, 0.1) is 5.69 Å². The van der Waals surface area contributed by atoms with Gasteiger partial charge in [-0.05, 0) is 75.8 Å². The molecule has 0 amide bonds. The number of hydrogen-bond donors (Lipinski definition) is 2. The third-order valence-electron chi connectivity index (χ3n) is 5.95. The molecule has 4 nitrogen and oxygen atoms in total. The van der Waals surface area contributed by atoms with Crippen LogP contribution >= 0.6 is 0 Å². The second-order valence-corrected chi connectivity index (χ2v) is 7.70. The largest absolute Gasteiger partial charge is 0.382 e. The van der Waals surface area contributed by atoms with E-state index in [-0.39, 0.29) is 0 Å². The third kappa shape index (κ3) is 1.88. The molecule has 110 valence electrons. The first-order valence-corrected chi connectivity index (χ1v) is 8.09. The highest BCUT2D eigenvalue weighted by molar-refractivity contribution is 5.46. The van der Waals surface area contributed by atoms with Crippen LogP contribution in [0.3, 0.4) is 0 Å². The summed E-state index contributed by atoms with van der Waals surface area (Å²) in [5.41, 5.74) is 8.86. The monoisotopic (exact) mass is 274 g/mol. The molecule has 4 bridgehead atoms. The van der Waals surface area contributed by atoms with Gasteiger partial charge in [-0.2, -0.15) is 5.10 Å². The van der Waals surface area contributed by atoms with Crippen LogP contribution in [0.5, 0.6) is 0 Å². The van der Waals surface area contributed by atoms with Crippen LogP contribution in [-0.2, 0) is 6.54 Å². The maximum atomic E-state index is 6.24. The van der Waals surface area contributed by atoms with Gasteiger partial charge in [-0.15, -0.1) is 0 Å².